The van der Waals surface area contributed by atoms with E-state index < -0.39 is 5.97 Å². The van der Waals surface area contributed by atoms with Crippen molar-refractivity contribution in [1.29, 1.82) is 0 Å². The molecule has 0 unspecified atom stereocenters. The van der Waals surface area contributed by atoms with Crippen molar-refractivity contribution >= 4 is 11.7 Å². The van der Waals surface area contributed by atoms with Gasteiger partial charge in [0, 0.05) is 12.7 Å². The SMILES string of the molecule is CC(C)C.CNc1cc(C(=O)O)ccc1C. The van der Waals surface area contributed by atoms with Crippen LogP contribution in [0.2, 0.25) is 0 Å². The van der Waals surface area contributed by atoms with Crippen molar-refractivity contribution in [2.24, 2.45) is 5.92 Å². The fraction of sp³-hybridized carbons (Fsp3) is 0.462. The van der Waals surface area contributed by atoms with Crippen molar-refractivity contribution in [1.82, 2.24) is 0 Å². The van der Waals surface area contributed by atoms with Gasteiger partial charge >= 0.3 is 5.97 Å². The number of hydrogen-bond donors (Lipinski definition) is 2. The predicted octanol–water partition coefficient (Wildman–Crippen LogP) is 3.40. The highest BCUT2D eigenvalue weighted by atomic mass is 16.4. The predicted molar refractivity (Wildman–Crippen MR) is 68.2 cm³/mol. The molecule has 0 fully saturated rings. The molecule has 0 aliphatic carbocycles. The Hall–Kier alpha value is -1.51. The maximum Gasteiger partial charge on any atom is 0.335 e. The third-order valence-corrected chi connectivity index (χ3v) is 1.75. The van der Waals surface area contributed by atoms with Crippen LogP contribution in [0.1, 0.15) is 36.7 Å². The van der Waals surface area contributed by atoms with Gasteiger partial charge < -0.3 is 10.4 Å². The first-order valence-electron chi connectivity index (χ1n) is 5.40. The molecule has 0 aromatic heterocycles. The minimum Gasteiger partial charge on any atom is -0.478 e. The number of carboxylic acids is 1. The van der Waals surface area contributed by atoms with Crippen LogP contribution in [-0.4, -0.2) is 18.1 Å². The van der Waals surface area contributed by atoms with E-state index in [0.717, 1.165) is 17.2 Å². The molecule has 0 saturated heterocycles. The summed E-state index contributed by atoms with van der Waals surface area (Å²) < 4.78 is 0. The molecule has 0 aliphatic rings. The van der Waals surface area contributed by atoms with Gasteiger partial charge in [0.1, 0.15) is 0 Å². The molecule has 0 amide bonds. The van der Waals surface area contributed by atoms with Crippen LogP contribution in [-0.2, 0) is 0 Å². The zero-order valence-electron chi connectivity index (χ0n) is 10.7. The Kier molecular flexibility index (Phi) is 6.23. The second-order valence-corrected chi connectivity index (χ2v) is 4.32. The van der Waals surface area contributed by atoms with Crippen molar-refractivity contribution in [2.75, 3.05) is 12.4 Å². The molecule has 0 spiro atoms. The second kappa shape index (κ2) is 6.88. The van der Waals surface area contributed by atoms with Crippen LogP contribution in [0.25, 0.3) is 0 Å². The third kappa shape index (κ3) is 5.39. The van der Waals surface area contributed by atoms with E-state index in [9.17, 15) is 4.79 Å². The molecule has 1 rings (SSSR count). The van der Waals surface area contributed by atoms with Gasteiger partial charge in [-0.15, -0.1) is 0 Å². The summed E-state index contributed by atoms with van der Waals surface area (Å²) in [7, 11) is 1.77. The molecule has 0 saturated carbocycles. The van der Waals surface area contributed by atoms with Gasteiger partial charge in [-0.2, -0.15) is 0 Å². The third-order valence-electron chi connectivity index (χ3n) is 1.75. The number of rotatable bonds is 2. The first-order valence-corrected chi connectivity index (χ1v) is 5.40. The Labute approximate surface area is 97.5 Å². The summed E-state index contributed by atoms with van der Waals surface area (Å²) in [4.78, 5) is 10.6. The van der Waals surface area contributed by atoms with Crippen molar-refractivity contribution in [3.63, 3.8) is 0 Å². The van der Waals surface area contributed by atoms with Gasteiger partial charge in [0.15, 0.2) is 0 Å². The van der Waals surface area contributed by atoms with Crippen LogP contribution < -0.4 is 5.32 Å². The van der Waals surface area contributed by atoms with Gasteiger partial charge in [0.2, 0.25) is 0 Å². The number of aromatic carboxylic acids is 1. The highest BCUT2D eigenvalue weighted by molar-refractivity contribution is 5.89. The monoisotopic (exact) mass is 223 g/mol. The van der Waals surface area contributed by atoms with Crippen molar-refractivity contribution < 1.29 is 9.90 Å². The molecule has 0 atom stereocenters. The summed E-state index contributed by atoms with van der Waals surface area (Å²) in [5.41, 5.74) is 2.21. The van der Waals surface area contributed by atoms with Crippen LogP contribution in [0, 0.1) is 12.8 Å². The van der Waals surface area contributed by atoms with E-state index in [2.05, 4.69) is 26.1 Å². The van der Waals surface area contributed by atoms with Crippen LogP contribution in [0.5, 0.6) is 0 Å². The lowest BCUT2D eigenvalue weighted by Crippen LogP contribution is -1.99. The molecule has 0 bridgehead atoms. The summed E-state index contributed by atoms with van der Waals surface area (Å²) in [6, 6.07) is 5.01. The van der Waals surface area contributed by atoms with Crippen molar-refractivity contribution in [3.8, 4) is 0 Å². The fourth-order valence-electron chi connectivity index (χ4n) is 1.02. The van der Waals surface area contributed by atoms with Gasteiger partial charge in [-0.25, -0.2) is 4.79 Å². The number of nitrogens with one attached hydrogen (secondary N) is 1. The molecule has 1 aromatic carbocycles. The summed E-state index contributed by atoms with van der Waals surface area (Å²) in [5.74, 6) is -0.0634. The lowest BCUT2D eigenvalue weighted by atomic mass is 10.1. The smallest absolute Gasteiger partial charge is 0.335 e. The van der Waals surface area contributed by atoms with E-state index in [1.54, 1.807) is 25.2 Å². The quantitative estimate of drug-likeness (QED) is 0.808. The summed E-state index contributed by atoms with van der Waals surface area (Å²) in [6.45, 7) is 8.43. The highest BCUT2D eigenvalue weighted by Crippen LogP contribution is 2.15. The van der Waals surface area contributed by atoms with Crippen molar-refractivity contribution in [2.45, 2.75) is 27.7 Å². The first kappa shape index (κ1) is 14.5. The molecular weight excluding hydrogens is 202 g/mol. The largest absolute Gasteiger partial charge is 0.478 e. The van der Waals surface area contributed by atoms with Crippen LogP contribution in [0.15, 0.2) is 18.2 Å². The van der Waals surface area contributed by atoms with Crippen LogP contribution in [0.4, 0.5) is 5.69 Å². The molecule has 2 N–H and O–H groups in total. The Balaban J connectivity index is 0.000000487. The van der Waals surface area contributed by atoms with E-state index in [1.165, 1.54) is 0 Å². The minimum atomic E-state index is -0.897. The molecule has 0 radical (unpaired) electrons. The fourth-order valence-corrected chi connectivity index (χ4v) is 1.02. The van der Waals surface area contributed by atoms with Gasteiger partial charge in [0.05, 0.1) is 5.56 Å². The molecule has 90 valence electrons. The maximum atomic E-state index is 10.6. The molecule has 0 heterocycles. The lowest BCUT2D eigenvalue weighted by molar-refractivity contribution is 0.0697. The number of hydrogen-bond acceptors (Lipinski definition) is 2. The number of carbonyl (C=O) groups is 1. The standard InChI is InChI=1S/C9H11NO2.C4H10/c1-6-3-4-7(9(11)12)5-8(6)10-2;1-4(2)3/h3-5,10H,1-2H3,(H,11,12);4H,1-3H3. The summed E-state index contributed by atoms with van der Waals surface area (Å²) in [5, 5.41) is 11.6. The topological polar surface area (TPSA) is 49.3 Å². The Morgan fingerprint density at radius 3 is 2.19 bits per heavy atom. The zero-order valence-corrected chi connectivity index (χ0v) is 10.7. The van der Waals surface area contributed by atoms with Crippen molar-refractivity contribution in [3.05, 3.63) is 29.3 Å². The van der Waals surface area contributed by atoms with Gasteiger partial charge in [0.25, 0.3) is 0 Å². The lowest BCUT2D eigenvalue weighted by Gasteiger charge is -2.04. The molecule has 1 aromatic rings. The second-order valence-electron chi connectivity index (χ2n) is 4.32. The number of benzene rings is 1. The highest BCUT2D eigenvalue weighted by Gasteiger charge is 2.03. The summed E-state index contributed by atoms with van der Waals surface area (Å²) in [6.07, 6.45) is 0. The van der Waals surface area contributed by atoms with Gasteiger partial charge in [-0.05, 0) is 30.5 Å². The normalized spacial score (nSPS) is 9.38. The molecule has 3 nitrogen and oxygen atoms in total. The van der Waals surface area contributed by atoms with E-state index in [4.69, 9.17) is 5.11 Å². The first-order chi connectivity index (χ1) is 7.38. The van der Waals surface area contributed by atoms with Crippen LogP contribution >= 0.6 is 0 Å². The molecule has 16 heavy (non-hydrogen) atoms. The van der Waals surface area contributed by atoms with E-state index in [1.807, 2.05) is 6.92 Å². The molecular formula is C13H21NO2. The van der Waals surface area contributed by atoms with Crippen LogP contribution in [0.3, 0.4) is 0 Å². The maximum absolute atomic E-state index is 10.6. The Morgan fingerprint density at radius 1 is 1.31 bits per heavy atom. The minimum absolute atomic E-state index is 0.310. The average molecular weight is 223 g/mol. The van der Waals surface area contributed by atoms with E-state index in [0.29, 0.717) is 5.56 Å². The molecule has 3 heteroatoms. The number of aryl methyl sites for hydroxylation is 1. The zero-order chi connectivity index (χ0) is 12.7. The Bertz CT molecular complexity index is 343. The van der Waals surface area contributed by atoms with E-state index >= 15 is 0 Å². The number of carboxylic acid groups (broad SMARTS) is 1. The Morgan fingerprint density at radius 2 is 1.81 bits per heavy atom. The van der Waals surface area contributed by atoms with Gasteiger partial charge in [-0.1, -0.05) is 26.8 Å². The molecule has 0 aliphatic heterocycles. The van der Waals surface area contributed by atoms with E-state index in [-0.39, 0.29) is 0 Å². The summed E-state index contributed by atoms with van der Waals surface area (Å²) >= 11 is 0. The average Bonchev–Trinajstić information content (AvgIpc) is 2.17. The number of anilines is 1. The van der Waals surface area contributed by atoms with Gasteiger partial charge in [-0.3, -0.25) is 0 Å².